The number of nitrogens with one attached hydrogen (secondary N) is 2. The predicted octanol–water partition coefficient (Wildman–Crippen LogP) is 1.80. The quantitative estimate of drug-likeness (QED) is 0.403. The maximum Gasteiger partial charge on any atom is 0.408 e. The number of allylic oxidation sites excluding steroid dienone is 1. The number of alkyl carbamates (subject to hydrolysis) is 1. The molecule has 3 aliphatic rings. The topological polar surface area (TPSA) is 134 Å². The van der Waals surface area contributed by atoms with E-state index in [0.717, 1.165) is 19.3 Å². The Morgan fingerprint density at radius 2 is 2.00 bits per heavy atom. The summed E-state index contributed by atoms with van der Waals surface area (Å²) in [5.41, 5.74) is -1.88. The molecular formula is C25H39N3O7. The van der Waals surface area contributed by atoms with Crippen LogP contribution >= 0.6 is 0 Å². The molecule has 196 valence electrons. The first-order valence-corrected chi connectivity index (χ1v) is 12.6. The SMILES string of the molecule is CCOC(=O)C12C[C@H]1C=CCCCCC[C@H](NC(=O)OC(C)(C)C)C(=O)N1C[C@@H](O)C[C@H]1C(=O)N2. The summed E-state index contributed by atoms with van der Waals surface area (Å²) in [5.74, 6) is -1.62. The van der Waals surface area contributed by atoms with Crippen LogP contribution in [-0.2, 0) is 23.9 Å². The molecule has 0 aromatic heterocycles. The van der Waals surface area contributed by atoms with Gasteiger partial charge in [-0.25, -0.2) is 9.59 Å². The number of hydrogen-bond donors (Lipinski definition) is 3. The van der Waals surface area contributed by atoms with Crippen LogP contribution in [0.25, 0.3) is 0 Å². The molecule has 35 heavy (non-hydrogen) atoms. The fourth-order valence-electron chi connectivity index (χ4n) is 4.77. The Morgan fingerprint density at radius 3 is 2.69 bits per heavy atom. The molecule has 10 nitrogen and oxygen atoms in total. The highest BCUT2D eigenvalue weighted by atomic mass is 16.6. The van der Waals surface area contributed by atoms with Crippen LogP contribution < -0.4 is 10.6 Å². The van der Waals surface area contributed by atoms with E-state index in [4.69, 9.17) is 9.47 Å². The lowest BCUT2D eigenvalue weighted by molar-refractivity contribution is -0.150. The summed E-state index contributed by atoms with van der Waals surface area (Å²) in [7, 11) is 0. The van der Waals surface area contributed by atoms with Crippen molar-refractivity contribution in [2.75, 3.05) is 13.2 Å². The molecule has 3 N–H and O–H groups in total. The Labute approximate surface area is 206 Å². The minimum Gasteiger partial charge on any atom is -0.464 e. The summed E-state index contributed by atoms with van der Waals surface area (Å²) in [6, 6.07) is -1.85. The molecule has 1 unspecified atom stereocenters. The Bertz CT molecular complexity index is 852. The minimum atomic E-state index is -1.15. The molecule has 3 amide bonds. The van der Waals surface area contributed by atoms with Gasteiger partial charge >= 0.3 is 12.1 Å². The highest BCUT2D eigenvalue weighted by molar-refractivity contribution is 5.96. The number of amides is 3. The number of carbonyl (C=O) groups is 4. The predicted molar refractivity (Wildman–Crippen MR) is 127 cm³/mol. The molecule has 10 heteroatoms. The van der Waals surface area contributed by atoms with Gasteiger partial charge in [-0.05, 0) is 53.4 Å². The van der Waals surface area contributed by atoms with Crippen molar-refractivity contribution in [3.8, 4) is 0 Å². The van der Waals surface area contributed by atoms with Crippen molar-refractivity contribution in [1.29, 1.82) is 0 Å². The minimum absolute atomic E-state index is 0.0286. The summed E-state index contributed by atoms with van der Waals surface area (Å²) in [6.45, 7) is 7.08. The number of rotatable bonds is 3. The molecular weight excluding hydrogens is 454 g/mol. The maximum atomic E-state index is 13.5. The monoisotopic (exact) mass is 493 g/mol. The molecule has 1 saturated heterocycles. The molecule has 3 rings (SSSR count). The zero-order chi connectivity index (χ0) is 25.8. The van der Waals surface area contributed by atoms with Gasteiger partial charge < -0.3 is 30.1 Å². The summed E-state index contributed by atoms with van der Waals surface area (Å²) in [6.07, 6.45) is 6.49. The van der Waals surface area contributed by atoms with E-state index in [2.05, 4.69) is 10.6 Å². The Morgan fingerprint density at radius 1 is 1.26 bits per heavy atom. The van der Waals surface area contributed by atoms with E-state index >= 15 is 0 Å². The van der Waals surface area contributed by atoms with Gasteiger partial charge in [-0.15, -0.1) is 0 Å². The zero-order valence-electron chi connectivity index (χ0n) is 21.2. The molecule has 1 saturated carbocycles. The van der Waals surface area contributed by atoms with Gasteiger partial charge in [-0.2, -0.15) is 0 Å². The number of aliphatic hydroxyl groups excluding tert-OH is 1. The normalized spacial score (nSPS) is 31.9. The lowest BCUT2D eigenvalue weighted by atomic mass is 10.0. The second kappa shape index (κ2) is 11.0. The van der Waals surface area contributed by atoms with E-state index in [1.165, 1.54) is 4.90 Å². The maximum absolute atomic E-state index is 13.5. The van der Waals surface area contributed by atoms with Crippen LogP contribution in [-0.4, -0.2) is 76.4 Å². The number of fused-ring (bicyclic) bond motifs is 2. The average molecular weight is 494 g/mol. The molecule has 0 radical (unpaired) electrons. The molecule has 0 aromatic carbocycles. The molecule has 2 fully saturated rings. The van der Waals surface area contributed by atoms with Crippen LogP contribution in [0.4, 0.5) is 4.79 Å². The van der Waals surface area contributed by atoms with Gasteiger partial charge in [0.1, 0.15) is 23.2 Å². The summed E-state index contributed by atoms with van der Waals surface area (Å²) in [4.78, 5) is 53.4. The van der Waals surface area contributed by atoms with E-state index in [0.29, 0.717) is 19.3 Å². The van der Waals surface area contributed by atoms with Crippen LogP contribution in [0.5, 0.6) is 0 Å². The standard InChI is InChI=1S/C25H39N3O7/c1-5-34-22(32)25-14-16(25)11-9-7-6-8-10-12-18(26-23(33)35-24(2,3)4)21(31)28-15-17(29)13-19(28)20(30)27-25/h9,11,16-19,29H,5-8,10,12-15H2,1-4H3,(H,26,33)(H,27,30)/t16-,17+,18+,19+,25?/m1/s1. The largest absolute Gasteiger partial charge is 0.464 e. The second-order valence-corrected chi connectivity index (χ2v) is 10.7. The van der Waals surface area contributed by atoms with E-state index < -0.39 is 53.2 Å². The Hall–Kier alpha value is -2.62. The van der Waals surface area contributed by atoms with E-state index in [-0.39, 0.29) is 25.5 Å². The molecule has 5 atom stereocenters. The number of nitrogens with zero attached hydrogens (tertiary/aromatic N) is 1. The summed E-state index contributed by atoms with van der Waals surface area (Å²) in [5, 5.41) is 15.8. The number of carbonyl (C=O) groups excluding carboxylic acids is 4. The van der Waals surface area contributed by atoms with Gasteiger partial charge in [0.2, 0.25) is 11.8 Å². The molecule has 0 bridgehead atoms. The molecule has 2 aliphatic heterocycles. The van der Waals surface area contributed by atoms with Crippen molar-refractivity contribution in [2.45, 2.75) is 102 Å². The van der Waals surface area contributed by atoms with Crippen molar-refractivity contribution >= 4 is 23.9 Å². The van der Waals surface area contributed by atoms with E-state index in [9.17, 15) is 24.3 Å². The average Bonchev–Trinajstić information content (AvgIpc) is 3.30. The van der Waals surface area contributed by atoms with Gasteiger partial charge in [-0.1, -0.05) is 25.0 Å². The number of ether oxygens (including phenoxy) is 2. The summed E-state index contributed by atoms with van der Waals surface area (Å²) >= 11 is 0. The van der Waals surface area contributed by atoms with Crippen LogP contribution in [0.3, 0.4) is 0 Å². The number of aliphatic hydroxyl groups is 1. The fraction of sp³-hybridized carbons (Fsp3) is 0.760. The van der Waals surface area contributed by atoms with Crippen LogP contribution in [0.2, 0.25) is 0 Å². The lowest BCUT2D eigenvalue weighted by Gasteiger charge is -2.30. The van der Waals surface area contributed by atoms with E-state index in [1.807, 2.05) is 12.2 Å². The third kappa shape index (κ3) is 6.74. The third-order valence-corrected chi connectivity index (χ3v) is 6.59. The van der Waals surface area contributed by atoms with Crippen molar-refractivity contribution < 1.29 is 33.8 Å². The smallest absolute Gasteiger partial charge is 0.408 e. The number of hydrogen-bond acceptors (Lipinski definition) is 7. The van der Waals surface area contributed by atoms with Gasteiger partial charge in [-0.3, -0.25) is 9.59 Å². The van der Waals surface area contributed by atoms with Gasteiger partial charge in [0.25, 0.3) is 0 Å². The van der Waals surface area contributed by atoms with Gasteiger partial charge in [0.05, 0.1) is 12.7 Å². The molecule has 1 aliphatic carbocycles. The highest BCUT2D eigenvalue weighted by Gasteiger charge is 2.62. The van der Waals surface area contributed by atoms with Crippen LogP contribution in [0.15, 0.2) is 12.2 Å². The fourth-order valence-corrected chi connectivity index (χ4v) is 4.77. The molecule has 0 aromatic rings. The summed E-state index contributed by atoms with van der Waals surface area (Å²) < 4.78 is 10.6. The van der Waals surface area contributed by atoms with Gasteiger partial charge in [0.15, 0.2) is 0 Å². The van der Waals surface area contributed by atoms with Crippen LogP contribution in [0, 0.1) is 5.92 Å². The zero-order valence-corrected chi connectivity index (χ0v) is 21.2. The second-order valence-electron chi connectivity index (χ2n) is 10.7. The van der Waals surface area contributed by atoms with Crippen molar-refractivity contribution in [3.63, 3.8) is 0 Å². The van der Waals surface area contributed by atoms with Gasteiger partial charge in [0, 0.05) is 18.9 Å². The van der Waals surface area contributed by atoms with E-state index in [1.54, 1.807) is 27.7 Å². The van der Waals surface area contributed by atoms with Crippen molar-refractivity contribution in [1.82, 2.24) is 15.5 Å². The lowest BCUT2D eigenvalue weighted by Crippen LogP contribution is -2.56. The Kier molecular flexibility index (Phi) is 8.46. The third-order valence-electron chi connectivity index (χ3n) is 6.59. The first-order chi connectivity index (χ1) is 16.5. The molecule has 2 heterocycles. The molecule has 0 spiro atoms. The van der Waals surface area contributed by atoms with Crippen LogP contribution in [0.1, 0.15) is 72.6 Å². The first-order valence-electron chi connectivity index (χ1n) is 12.6. The first kappa shape index (κ1) is 27.0. The Balaban J connectivity index is 1.84. The van der Waals surface area contributed by atoms with Crippen molar-refractivity contribution in [2.24, 2.45) is 5.92 Å². The number of esters is 1. The highest BCUT2D eigenvalue weighted by Crippen LogP contribution is 2.46. The van der Waals surface area contributed by atoms with Crippen molar-refractivity contribution in [3.05, 3.63) is 12.2 Å².